The van der Waals surface area contributed by atoms with E-state index < -0.39 is 0 Å². The Kier molecular flexibility index (Phi) is 4.90. The van der Waals surface area contributed by atoms with Gasteiger partial charge < -0.3 is 10.2 Å². The van der Waals surface area contributed by atoms with Crippen LogP contribution in [-0.2, 0) is 6.54 Å². The number of aryl methyl sites for hydroxylation is 1. The van der Waals surface area contributed by atoms with Crippen molar-refractivity contribution in [1.82, 2.24) is 4.90 Å². The Hall–Kier alpha value is -3.00. The molecule has 1 aliphatic rings. The monoisotopic (exact) mass is 328 g/mol. The zero-order valence-corrected chi connectivity index (χ0v) is 14.9. The van der Waals surface area contributed by atoms with Crippen LogP contribution in [0.3, 0.4) is 0 Å². The van der Waals surface area contributed by atoms with E-state index in [1.807, 2.05) is 13.1 Å². The molecular formula is C23H24N2. The third kappa shape index (κ3) is 3.58. The van der Waals surface area contributed by atoms with Crippen molar-refractivity contribution in [1.29, 1.82) is 0 Å². The van der Waals surface area contributed by atoms with E-state index in [4.69, 9.17) is 0 Å². The third-order valence-electron chi connectivity index (χ3n) is 4.60. The second-order valence-electron chi connectivity index (χ2n) is 6.22. The van der Waals surface area contributed by atoms with Gasteiger partial charge in [0.2, 0.25) is 0 Å². The summed E-state index contributed by atoms with van der Waals surface area (Å²) in [6, 6.07) is 14.9. The van der Waals surface area contributed by atoms with E-state index in [1.165, 1.54) is 22.3 Å². The zero-order valence-electron chi connectivity index (χ0n) is 14.9. The number of nitrogens with zero attached hydrogens (tertiary/aromatic N) is 1. The van der Waals surface area contributed by atoms with Crippen LogP contribution in [0.4, 0.5) is 5.69 Å². The summed E-state index contributed by atoms with van der Waals surface area (Å²) in [5.74, 6) is 0. The summed E-state index contributed by atoms with van der Waals surface area (Å²) in [6.07, 6.45) is 8.25. The quantitative estimate of drug-likeness (QED) is 0.768. The highest BCUT2D eigenvalue weighted by Crippen LogP contribution is 2.29. The maximum absolute atomic E-state index is 4.18. The lowest BCUT2D eigenvalue weighted by Crippen LogP contribution is -2.17. The van der Waals surface area contributed by atoms with Gasteiger partial charge in [0.25, 0.3) is 0 Å². The fourth-order valence-corrected chi connectivity index (χ4v) is 2.99. The molecule has 0 spiro atoms. The summed E-state index contributed by atoms with van der Waals surface area (Å²) in [6.45, 7) is 11.0. The summed E-state index contributed by atoms with van der Waals surface area (Å²) in [4.78, 5) is 2.21. The number of anilines is 1. The van der Waals surface area contributed by atoms with Crippen LogP contribution < -0.4 is 5.32 Å². The molecule has 1 N–H and O–H groups in total. The number of benzene rings is 2. The zero-order chi connectivity index (χ0) is 17.8. The van der Waals surface area contributed by atoms with Crippen LogP contribution in [-0.4, -0.2) is 11.9 Å². The van der Waals surface area contributed by atoms with Crippen molar-refractivity contribution in [3.63, 3.8) is 0 Å². The van der Waals surface area contributed by atoms with Gasteiger partial charge in [0.15, 0.2) is 0 Å². The molecule has 0 fully saturated rings. The standard InChI is InChI=1S/C23H24N2/c1-5-19-12-13-20(14-23(19)24-4)22-11-10-18(3)25(16-22)15-21-9-7-6-8-17(21)2/h5-14,16,24H,1,3,15H2,2,4H3. The Morgan fingerprint density at radius 3 is 2.64 bits per heavy atom. The molecular weight excluding hydrogens is 304 g/mol. The molecule has 0 unspecified atom stereocenters. The maximum atomic E-state index is 4.18. The number of nitrogens with one attached hydrogen (secondary N) is 1. The second kappa shape index (κ2) is 7.27. The van der Waals surface area contributed by atoms with Gasteiger partial charge in [0.05, 0.1) is 0 Å². The predicted octanol–water partition coefficient (Wildman–Crippen LogP) is 5.61. The molecule has 2 heteroatoms. The Labute approximate surface area is 150 Å². The van der Waals surface area contributed by atoms with Crippen molar-refractivity contribution in [2.75, 3.05) is 12.4 Å². The first-order valence-corrected chi connectivity index (χ1v) is 8.47. The topological polar surface area (TPSA) is 15.3 Å². The molecule has 0 aliphatic carbocycles. The van der Waals surface area contributed by atoms with Crippen LogP contribution >= 0.6 is 0 Å². The first-order valence-electron chi connectivity index (χ1n) is 8.47. The van der Waals surface area contributed by atoms with E-state index in [1.54, 1.807) is 0 Å². The lowest BCUT2D eigenvalue weighted by molar-refractivity contribution is 0.472. The highest BCUT2D eigenvalue weighted by molar-refractivity contribution is 5.80. The minimum Gasteiger partial charge on any atom is -0.388 e. The van der Waals surface area contributed by atoms with Crippen LogP contribution in [0.2, 0.25) is 0 Å². The lowest BCUT2D eigenvalue weighted by atomic mass is 10.00. The Morgan fingerprint density at radius 2 is 1.92 bits per heavy atom. The highest BCUT2D eigenvalue weighted by atomic mass is 15.1. The second-order valence-corrected chi connectivity index (χ2v) is 6.22. The van der Waals surface area contributed by atoms with E-state index in [9.17, 15) is 0 Å². The van der Waals surface area contributed by atoms with Gasteiger partial charge in [-0.25, -0.2) is 0 Å². The van der Waals surface area contributed by atoms with Crippen molar-refractivity contribution < 1.29 is 0 Å². The van der Waals surface area contributed by atoms with Gasteiger partial charge in [-0.15, -0.1) is 0 Å². The van der Waals surface area contributed by atoms with Crippen molar-refractivity contribution in [2.24, 2.45) is 0 Å². The number of rotatable bonds is 5. The molecule has 126 valence electrons. The van der Waals surface area contributed by atoms with Crippen LogP contribution in [0.5, 0.6) is 0 Å². The molecule has 0 amide bonds. The minimum absolute atomic E-state index is 0.822. The first-order chi connectivity index (χ1) is 12.1. The van der Waals surface area contributed by atoms with Gasteiger partial charge in [0, 0.05) is 31.2 Å². The van der Waals surface area contributed by atoms with Gasteiger partial charge in [-0.05, 0) is 46.9 Å². The Bertz CT molecular complexity index is 871. The average molecular weight is 328 g/mol. The molecule has 0 bridgehead atoms. The third-order valence-corrected chi connectivity index (χ3v) is 4.60. The van der Waals surface area contributed by atoms with Gasteiger partial charge in [-0.2, -0.15) is 0 Å². The number of hydrogen-bond donors (Lipinski definition) is 1. The first kappa shape index (κ1) is 16.8. The van der Waals surface area contributed by atoms with E-state index in [0.29, 0.717) is 0 Å². The normalized spacial score (nSPS) is 13.6. The molecule has 1 heterocycles. The van der Waals surface area contributed by atoms with Crippen LogP contribution in [0, 0.1) is 6.92 Å². The van der Waals surface area contributed by atoms with E-state index in [2.05, 4.69) is 91.1 Å². The summed E-state index contributed by atoms with van der Waals surface area (Å²) < 4.78 is 0. The molecule has 3 rings (SSSR count). The molecule has 2 aromatic rings. The molecule has 0 atom stereocenters. The molecule has 1 aliphatic heterocycles. The largest absolute Gasteiger partial charge is 0.388 e. The Balaban J connectivity index is 1.92. The van der Waals surface area contributed by atoms with E-state index in [0.717, 1.165) is 23.5 Å². The smallest absolute Gasteiger partial charge is 0.0478 e. The highest BCUT2D eigenvalue weighted by Gasteiger charge is 2.13. The minimum atomic E-state index is 0.822. The van der Waals surface area contributed by atoms with Gasteiger partial charge in [0.1, 0.15) is 0 Å². The van der Waals surface area contributed by atoms with Crippen LogP contribution in [0.25, 0.3) is 11.6 Å². The summed E-state index contributed by atoms with van der Waals surface area (Å²) in [7, 11) is 1.93. The molecule has 25 heavy (non-hydrogen) atoms. The van der Waals surface area contributed by atoms with Crippen LogP contribution in [0.15, 0.2) is 79.7 Å². The molecule has 0 aromatic heterocycles. The maximum Gasteiger partial charge on any atom is 0.0478 e. The van der Waals surface area contributed by atoms with Crippen molar-refractivity contribution in [3.05, 3.63) is 102 Å². The number of allylic oxidation sites excluding steroid dienone is 3. The van der Waals surface area contributed by atoms with Crippen molar-refractivity contribution >= 4 is 17.3 Å². The van der Waals surface area contributed by atoms with E-state index in [-0.39, 0.29) is 0 Å². The summed E-state index contributed by atoms with van der Waals surface area (Å²) in [5.41, 5.74) is 8.15. The lowest BCUT2D eigenvalue weighted by Gasteiger charge is -2.26. The average Bonchev–Trinajstić information content (AvgIpc) is 2.64. The molecule has 2 nitrogen and oxygen atoms in total. The summed E-state index contributed by atoms with van der Waals surface area (Å²) in [5, 5.41) is 3.24. The molecule has 0 saturated heterocycles. The SMILES string of the molecule is C=Cc1ccc(C2=CN(Cc3ccccc3C)C(=C)C=C2)cc1NC. The van der Waals surface area contributed by atoms with Gasteiger partial charge >= 0.3 is 0 Å². The van der Waals surface area contributed by atoms with Crippen LogP contribution in [0.1, 0.15) is 22.3 Å². The fraction of sp³-hybridized carbons (Fsp3) is 0.130. The van der Waals surface area contributed by atoms with E-state index >= 15 is 0 Å². The predicted molar refractivity (Wildman–Crippen MR) is 109 cm³/mol. The molecule has 0 saturated carbocycles. The van der Waals surface area contributed by atoms with Gasteiger partial charge in [-0.3, -0.25) is 0 Å². The van der Waals surface area contributed by atoms with Crippen molar-refractivity contribution in [2.45, 2.75) is 13.5 Å². The number of hydrogen-bond acceptors (Lipinski definition) is 2. The molecule has 0 radical (unpaired) electrons. The Morgan fingerprint density at radius 1 is 1.12 bits per heavy atom. The van der Waals surface area contributed by atoms with Crippen molar-refractivity contribution in [3.8, 4) is 0 Å². The van der Waals surface area contributed by atoms with Gasteiger partial charge in [-0.1, -0.05) is 61.7 Å². The molecule has 2 aromatic carbocycles. The fourth-order valence-electron chi connectivity index (χ4n) is 2.99. The summed E-state index contributed by atoms with van der Waals surface area (Å²) >= 11 is 0.